The zero-order valence-corrected chi connectivity index (χ0v) is 6.66. The van der Waals surface area contributed by atoms with Gasteiger partial charge in [0.25, 0.3) is 0 Å². The van der Waals surface area contributed by atoms with E-state index in [0.29, 0.717) is 0 Å². The maximum absolute atomic E-state index is 2.60. The fourth-order valence-electron chi connectivity index (χ4n) is 2.09. The van der Waals surface area contributed by atoms with E-state index in [9.17, 15) is 0 Å². The molecule has 0 aromatic rings. The molecule has 0 N–H and O–H groups in total. The molecule has 54 valence electrons. The van der Waals surface area contributed by atoms with Crippen LogP contribution >= 0.6 is 12.4 Å². The zero-order chi connectivity index (χ0) is 5.56. The van der Waals surface area contributed by atoms with E-state index in [4.69, 9.17) is 0 Å². The maximum Gasteiger partial charge on any atom is 0.00701 e. The average Bonchev–Trinajstić information content (AvgIpc) is 2.23. The van der Waals surface area contributed by atoms with Gasteiger partial charge in [0, 0.05) is 12.6 Å². The summed E-state index contributed by atoms with van der Waals surface area (Å²) in [7, 11) is 0. The summed E-state index contributed by atoms with van der Waals surface area (Å²) in [6.07, 6.45) is 2.95. The second-order valence-electron chi connectivity index (χ2n) is 3.23. The van der Waals surface area contributed by atoms with Crippen LogP contribution in [0.15, 0.2) is 0 Å². The summed E-state index contributed by atoms with van der Waals surface area (Å²) in [5, 5.41) is 0. The van der Waals surface area contributed by atoms with E-state index in [-0.39, 0.29) is 12.4 Å². The minimum Gasteiger partial charge on any atom is -0.300 e. The Morgan fingerprint density at radius 1 is 1.44 bits per heavy atom. The van der Waals surface area contributed by atoms with E-state index in [2.05, 4.69) is 11.8 Å². The predicted molar refractivity (Wildman–Crippen MR) is 41.0 cm³/mol. The quantitative estimate of drug-likeness (QED) is 0.502. The Hall–Kier alpha value is 0.250. The van der Waals surface area contributed by atoms with Gasteiger partial charge in [-0.1, -0.05) is 0 Å². The lowest BCUT2D eigenvalue weighted by Crippen LogP contribution is -2.25. The van der Waals surface area contributed by atoms with Crippen molar-refractivity contribution in [1.82, 2.24) is 4.90 Å². The SMILES string of the molecule is CC1CC2CCN1C2.Cl. The van der Waals surface area contributed by atoms with Crippen molar-refractivity contribution in [3.05, 3.63) is 0 Å². The highest BCUT2D eigenvalue weighted by Crippen LogP contribution is 2.31. The third kappa shape index (κ3) is 1.08. The Morgan fingerprint density at radius 2 is 2.22 bits per heavy atom. The monoisotopic (exact) mass is 147 g/mol. The van der Waals surface area contributed by atoms with E-state index >= 15 is 0 Å². The lowest BCUT2D eigenvalue weighted by atomic mass is 10.0. The van der Waals surface area contributed by atoms with Crippen molar-refractivity contribution in [2.75, 3.05) is 13.1 Å². The molecule has 9 heavy (non-hydrogen) atoms. The van der Waals surface area contributed by atoms with Gasteiger partial charge in [-0.3, -0.25) is 0 Å². The van der Waals surface area contributed by atoms with Crippen LogP contribution < -0.4 is 0 Å². The highest BCUT2D eigenvalue weighted by atomic mass is 35.5. The highest BCUT2D eigenvalue weighted by Gasteiger charge is 2.34. The van der Waals surface area contributed by atoms with E-state index < -0.39 is 0 Å². The molecule has 2 heterocycles. The first-order chi connectivity index (χ1) is 3.86. The van der Waals surface area contributed by atoms with E-state index in [1.807, 2.05) is 0 Å². The van der Waals surface area contributed by atoms with Crippen LogP contribution in [0.3, 0.4) is 0 Å². The van der Waals surface area contributed by atoms with Gasteiger partial charge in [0.15, 0.2) is 0 Å². The van der Waals surface area contributed by atoms with Crippen LogP contribution in [-0.4, -0.2) is 24.0 Å². The van der Waals surface area contributed by atoms with Gasteiger partial charge < -0.3 is 4.90 Å². The first-order valence-corrected chi connectivity index (χ1v) is 3.60. The molecule has 2 saturated heterocycles. The van der Waals surface area contributed by atoms with Crippen LogP contribution in [-0.2, 0) is 0 Å². The smallest absolute Gasteiger partial charge is 0.00701 e. The lowest BCUT2D eigenvalue weighted by molar-refractivity contribution is 0.280. The largest absolute Gasteiger partial charge is 0.300 e. The van der Waals surface area contributed by atoms with Gasteiger partial charge in [-0.15, -0.1) is 12.4 Å². The fourth-order valence-corrected chi connectivity index (χ4v) is 2.09. The van der Waals surface area contributed by atoms with Gasteiger partial charge in [0.05, 0.1) is 0 Å². The molecule has 2 bridgehead atoms. The summed E-state index contributed by atoms with van der Waals surface area (Å²) in [4.78, 5) is 2.60. The minimum absolute atomic E-state index is 0. The molecular weight excluding hydrogens is 134 g/mol. The molecule has 2 heteroatoms. The van der Waals surface area contributed by atoms with Gasteiger partial charge in [-0.2, -0.15) is 0 Å². The van der Waals surface area contributed by atoms with Gasteiger partial charge >= 0.3 is 0 Å². The second-order valence-corrected chi connectivity index (χ2v) is 3.23. The molecular formula is C7H14ClN. The second kappa shape index (κ2) is 2.47. The first kappa shape index (κ1) is 7.36. The summed E-state index contributed by atoms with van der Waals surface area (Å²) in [6.45, 7) is 5.13. The molecule has 1 nitrogen and oxygen atoms in total. The van der Waals surface area contributed by atoms with Gasteiger partial charge in [-0.25, -0.2) is 0 Å². The molecule has 2 aliphatic heterocycles. The number of hydrogen-bond acceptors (Lipinski definition) is 1. The van der Waals surface area contributed by atoms with Crippen molar-refractivity contribution < 1.29 is 0 Å². The molecule has 3 atom stereocenters. The number of nitrogens with zero attached hydrogens (tertiary/aromatic N) is 1. The van der Waals surface area contributed by atoms with Crippen molar-refractivity contribution in [1.29, 1.82) is 0 Å². The van der Waals surface area contributed by atoms with Crippen molar-refractivity contribution >= 4 is 12.4 Å². The summed E-state index contributed by atoms with van der Waals surface area (Å²) in [5.74, 6) is 1.07. The average molecular weight is 148 g/mol. The number of rotatable bonds is 0. The molecule has 0 amide bonds. The molecule has 0 radical (unpaired) electrons. The van der Waals surface area contributed by atoms with Crippen LogP contribution in [0.25, 0.3) is 0 Å². The van der Waals surface area contributed by atoms with Crippen LogP contribution in [0.1, 0.15) is 19.8 Å². The van der Waals surface area contributed by atoms with Crippen LogP contribution in [0.4, 0.5) is 0 Å². The van der Waals surface area contributed by atoms with Gasteiger partial charge in [-0.05, 0) is 32.2 Å². The topological polar surface area (TPSA) is 3.24 Å². The maximum atomic E-state index is 2.60. The van der Waals surface area contributed by atoms with Crippen molar-refractivity contribution in [3.8, 4) is 0 Å². The van der Waals surface area contributed by atoms with Gasteiger partial charge in [0.2, 0.25) is 0 Å². The molecule has 0 spiro atoms. The number of fused-ring (bicyclic) bond motifs is 2. The summed E-state index contributed by atoms with van der Waals surface area (Å²) >= 11 is 0. The standard InChI is InChI=1S/C7H13N.ClH/c1-6-4-7-2-3-8(6)5-7;/h6-7H,2-5H2,1H3;1H. The normalized spacial score (nSPS) is 47.0. The third-order valence-corrected chi connectivity index (χ3v) is 2.62. The summed E-state index contributed by atoms with van der Waals surface area (Å²) < 4.78 is 0. The zero-order valence-electron chi connectivity index (χ0n) is 5.84. The number of hydrogen-bond donors (Lipinski definition) is 0. The fraction of sp³-hybridized carbons (Fsp3) is 1.00. The molecule has 2 fully saturated rings. The van der Waals surface area contributed by atoms with Crippen LogP contribution in [0, 0.1) is 5.92 Å². The highest BCUT2D eigenvalue weighted by molar-refractivity contribution is 5.85. The molecule has 2 aliphatic rings. The van der Waals surface area contributed by atoms with Crippen LogP contribution in [0.5, 0.6) is 0 Å². The molecule has 0 aromatic carbocycles. The predicted octanol–water partition coefficient (Wildman–Crippen LogP) is 1.52. The number of halogens is 1. The lowest BCUT2D eigenvalue weighted by Gasteiger charge is -2.19. The summed E-state index contributed by atoms with van der Waals surface area (Å²) in [5.41, 5.74) is 0. The molecule has 0 aromatic heterocycles. The minimum atomic E-state index is 0. The van der Waals surface area contributed by atoms with E-state index in [1.165, 1.54) is 25.9 Å². The molecule has 0 saturated carbocycles. The molecule has 3 unspecified atom stereocenters. The van der Waals surface area contributed by atoms with Crippen molar-refractivity contribution in [2.24, 2.45) is 5.92 Å². The molecule has 2 rings (SSSR count). The Morgan fingerprint density at radius 3 is 2.44 bits per heavy atom. The van der Waals surface area contributed by atoms with Crippen molar-refractivity contribution in [2.45, 2.75) is 25.8 Å². The number of piperidine rings is 1. The van der Waals surface area contributed by atoms with Crippen molar-refractivity contribution in [3.63, 3.8) is 0 Å². The molecule has 0 aliphatic carbocycles. The van der Waals surface area contributed by atoms with Gasteiger partial charge in [0.1, 0.15) is 0 Å². The third-order valence-electron chi connectivity index (χ3n) is 2.62. The van der Waals surface area contributed by atoms with E-state index in [1.54, 1.807) is 0 Å². The van der Waals surface area contributed by atoms with Crippen LogP contribution in [0.2, 0.25) is 0 Å². The Labute approximate surface area is 62.8 Å². The summed E-state index contributed by atoms with van der Waals surface area (Å²) in [6, 6.07) is 0.911. The van der Waals surface area contributed by atoms with E-state index in [0.717, 1.165) is 12.0 Å². The Kier molecular flexibility index (Phi) is 2.02. The Balaban J connectivity index is 0.000000405. The first-order valence-electron chi connectivity index (χ1n) is 3.60. The Bertz CT molecular complexity index is 103.